The van der Waals surface area contributed by atoms with Gasteiger partial charge in [-0.2, -0.15) is 0 Å². The molecule has 14 heavy (non-hydrogen) atoms. The first-order valence-electron chi connectivity index (χ1n) is 5.43. The molecule has 0 radical (unpaired) electrons. The quantitative estimate of drug-likeness (QED) is 0.558. The molecule has 0 aromatic heterocycles. The van der Waals surface area contributed by atoms with Crippen LogP contribution in [-0.4, -0.2) is 20.3 Å². The zero-order valence-corrected chi connectivity index (χ0v) is 10.4. The number of hydrogen-bond acceptors (Lipinski definition) is 2. The Morgan fingerprint density at radius 2 is 2.07 bits per heavy atom. The molecule has 1 aliphatic rings. The summed E-state index contributed by atoms with van der Waals surface area (Å²) in [4.78, 5) is 0. The minimum atomic E-state index is -0.148. The van der Waals surface area contributed by atoms with E-state index >= 15 is 0 Å². The monoisotopic (exact) mass is 260 g/mol. The fraction of sp³-hybridized carbons (Fsp3) is 0.800. The van der Waals surface area contributed by atoms with E-state index in [1.54, 1.807) is 0 Å². The minimum Gasteiger partial charge on any atom is -0.407 e. The lowest BCUT2D eigenvalue weighted by atomic mass is 9.87. The van der Waals surface area contributed by atoms with Crippen LogP contribution >= 0.6 is 15.9 Å². The smallest absolute Gasteiger partial charge is 0.407 e. The molecule has 2 nitrogen and oxygen atoms in total. The Hall–Kier alpha value is 0.205. The van der Waals surface area contributed by atoms with Gasteiger partial charge in [0.25, 0.3) is 0 Å². The maximum Gasteiger partial charge on any atom is 0.500 e. The summed E-state index contributed by atoms with van der Waals surface area (Å²) in [6, 6.07) is 0. The molecule has 0 atom stereocenters. The standard InChI is InChI=1S/C10H18BBrO2/c1-2-3-4-5-7-10(12)11-13-8-6-9-14-11/h7H,2-6,8-9H2,1H3/b10-7-. The van der Waals surface area contributed by atoms with Crippen molar-refractivity contribution in [2.45, 2.75) is 39.0 Å². The van der Waals surface area contributed by atoms with E-state index in [1.807, 2.05) is 0 Å². The number of rotatable bonds is 5. The van der Waals surface area contributed by atoms with Crippen LogP contribution in [-0.2, 0) is 9.31 Å². The van der Waals surface area contributed by atoms with E-state index in [9.17, 15) is 0 Å². The van der Waals surface area contributed by atoms with E-state index < -0.39 is 0 Å². The van der Waals surface area contributed by atoms with Crippen molar-refractivity contribution in [3.05, 3.63) is 10.5 Å². The van der Waals surface area contributed by atoms with Crippen LogP contribution in [0.5, 0.6) is 0 Å². The normalized spacial score (nSPS) is 18.7. The second-order valence-corrected chi connectivity index (χ2v) is 4.43. The highest BCUT2D eigenvalue weighted by molar-refractivity contribution is 9.12. The molecule has 0 bridgehead atoms. The van der Waals surface area contributed by atoms with Gasteiger partial charge in [0.1, 0.15) is 0 Å². The van der Waals surface area contributed by atoms with Gasteiger partial charge in [-0.3, -0.25) is 0 Å². The van der Waals surface area contributed by atoms with Gasteiger partial charge >= 0.3 is 7.12 Å². The van der Waals surface area contributed by atoms with Gasteiger partial charge in [0, 0.05) is 17.6 Å². The van der Waals surface area contributed by atoms with Crippen molar-refractivity contribution in [2.75, 3.05) is 13.2 Å². The van der Waals surface area contributed by atoms with Crippen molar-refractivity contribution in [3.8, 4) is 0 Å². The fourth-order valence-corrected chi connectivity index (χ4v) is 1.87. The second-order valence-electron chi connectivity index (χ2n) is 3.51. The summed E-state index contributed by atoms with van der Waals surface area (Å²) in [7, 11) is -0.148. The Kier molecular flexibility index (Phi) is 6.57. The van der Waals surface area contributed by atoms with Gasteiger partial charge in [-0.15, -0.1) is 0 Å². The minimum absolute atomic E-state index is 0.148. The maximum absolute atomic E-state index is 5.46. The molecule has 0 saturated carbocycles. The molecule has 1 rings (SSSR count). The first-order chi connectivity index (χ1) is 6.84. The van der Waals surface area contributed by atoms with Crippen molar-refractivity contribution < 1.29 is 9.31 Å². The third kappa shape index (κ3) is 4.62. The lowest BCUT2D eigenvalue weighted by Crippen LogP contribution is -2.30. The van der Waals surface area contributed by atoms with Crippen LogP contribution in [0.25, 0.3) is 0 Å². The van der Waals surface area contributed by atoms with Gasteiger partial charge in [0.2, 0.25) is 0 Å². The highest BCUT2D eigenvalue weighted by Crippen LogP contribution is 2.17. The number of halogens is 1. The van der Waals surface area contributed by atoms with E-state index in [-0.39, 0.29) is 7.12 Å². The highest BCUT2D eigenvalue weighted by atomic mass is 79.9. The van der Waals surface area contributed by atoms with Gasteiger partial charge in [-0.05, 0) is 19.3 Å². The first kappa shape index (κ1) is 12.3. The molecule has 1 heterocycles. The van der Waals surface area contributed by atoms with Crippen LogP contribution in [0, 0.1) is 0 Å². The summed E-state index contributed by atoms with van der Waals surface area (Å²) in [6.07, 6.45) is 8.10. The molecule has 1 aliphatic heterocycles. The highest BCUT2D eigenvalue weighted by Gasteiger charge is 2.24. The predicted molar refractivity (Wildman–Crippen MR) is 63.4 cm³/mol. The molecular weight excluding hydrogens is 243 g/mol. The van der Waals surface area contributed by atoms with Crippen LogP contribution in [0.15, 0.2) is 10.5 Å². The molecule has 4 heteroatoms. The number of hydrogen-bond donors (Lipinski definition) is 0. The summed E-state index contributed by atoms with van der Waals surface area (Å²) in [5.41, 5.74) is 0. The van der Waals surface area contributed by atoms with Gasteiger partial charge in [-0.25, -0.2) is 0 Å². The summed E-state index contributed by atoms with van der Waals surface area (Å²) >= 11 is 3.50. The molecule has 0 aromatic carbocycles. The van der Waals surface area contributed by atoms with E-state index in [0.717, 1.165) is 30.4 Å². The maximum atomic E-state index is 5.46. The first-order valence-corrected chi connectivity index (χ1v) is 6.22. The van der Waals surface area contributed by atoms with Crippen LogP contribution in [0.3, 0.4) is 0 Å². The van der Waals surface area contributed by atoms with Crippen molar-refractivity contribution >= 4 is 23.0 Å². The molecule has 0 aliphatic carbocycles. The fourth-order valence-electron chi connectivity index (χ4n) is 1.38. The summed E-state index contributed by atoms with van der Waals surface area (Å²) in [5, 5.41) is 0. The zero-order chi connectivity index (χ0) is 10.2. The summed E-state index contributed by atoms with van der Waals surface area (Å²) in [6.45, 7) is 3.83. The lowest BCUT2D eigenvalue weighted by Gasteiger charge is -2.19. The Morgan fingerprint density at radius 1 is 1.36 bits per heavy atom. The zero-order valence-electron chi connectivity index (χ0n) is 8.80. The topological polar surface area (TPSA) is 18.5 Å². The number of unbranched alkanes of at least 4 members (excludes halogenated alkanes) is 3. The average molecular weight is 261 g/mol. The van der Waals surface area contributed by atoms with Gasteiger partial charge < -0.3 is 9.31 Å². The van der Waals surface area contributed by atoms with Crippen LogP contribution in [0.4, 0.5) is 0 Å². The lowest BCUT2D eigenvalue weighted by molar-refractivity contribution is 0.142. The second kappa shape index (κ2) is 7.49. The molecule has 0 amide bonds. The molecule has 1 saturated heterocycles. The molecule has 0 aromatic rings. The van der Waals surface area contributed by atoms with Gasteiger partial charge in [0.05, 0.1) is 0 Å². The van der Waals surface area contributed by atoms with Crippen LogP contribution in [0.2, 0.25) is 0 Å². The predicted octanol–water partition coefficient (Wildman–Crippen LogP) is 3.31. The molecular formula is C10H18BBrO2. The molecule has 0 spiro atoms. The molecule has 0 unspecified atom stereocenters. The van der Waals surface area contributed by atoms with Crippen molar-refractivity contribution in [1.29, 1.82) is 0 Å². The Morgan fingerprint density at radius 3 is 2.71 bits per heavy atom. The van der Waals surface area contributed by atoms with Crippen molar-refractivity contribution in [1.82, 2.24) is 0 Å². The van der Waals surface area contributed by atoms with E-state index in [0.29, 0.717) is 0 Å². The summed E-state index contributed by atoms with van der Waals surface area (Å²) < 4.78 is 12.0. The molecule has 0 N–H and O–H groups in total. The Labute approximate surface area is 95.3 Å². The number of allylic oxidation sites excluding steroid dienone is 1. The van der Waals surface area contributed by atoms with E-state index in [1.165, 1.54) is 19.3 Å². The van der Waals surface area contributed by atoms with Gasteiger partial charge in [0.15, 0.2) is 0 Å². The third-order valence-corrected chi connectivity index (χ3v) is 2.90. The van der Waals surface area contributed by atoms with Crippen LogP contribution < -0.4 is 0 Å². The molecule has 1 fully saturated rings. The summed E-state index contributed by atoms with van der Waals surface area (Å²) in [5.74, 6) is 0. The van der Waals surface area contributed by atoms with Gasteiger partial charge in [-0.1, -0.05) is 41.8 Å². The van der Waals surface area contributed by atoms with E-state index in [4.69, 9.17) is 9.31 Å². The third-order valence-electron chi connectivity index (χ3n) is 2.20. The Bertz CT molecular complexity index is 179. The molecule has 80 valence electrons. The largest absolute Gasteiger partial charge is 0.500 e. The average Bonchev–Trinajstić information content (AvgIpc) is 2.25. The van der Waals surface area contributed by atoms with E-state index in [2.05, 4.69) is 28.9 Å². The Balaban J connectivity index is 2.20. The SMILES string of the molecule is CCCCC/C=C(\Br)B1OCCCO1. The van der Waals surface area contributed by atoms with Crippen LogP contribution in [0.1, 0.15) is 39.0 Å². The van der Waals surface area contributed by atoms with Crippen molar-refractivity contribution in [3.63, 3.8) is 0 Å². The van der Waals surface area contributed by atoms with Crippen molar-refractivity contribution in [2.24, 2.45) is 0 Å².